The molecular weight excluding hydrogens is 254 g/mol. The second-order valence-corrected chi connectivity index (χ2v) is 5.69. The van der Waals surface area contributed by atoms with E-state index in [4.69, 9.17) is 11.2 Å². The van der Waals surface area contributed by atoms with E-state index in [1.165, 1.54) is 0 Å². The van der Waals surface area contributed by atoms with Crippen molar-refractivity contribution in [2.45, 2.75) is 30.6 Å². The van der Waals surface area contributed by atoms with E-state index >= 15 is 0 Å². The number of ether oxygens (including phenoxy) is 1. The Hall–Kier alpha value is -1.54. The fourth-order valence-electron chi connectivity index (χ4n) is 2.79. The minimum absolute atomic E-state index is 0.0396. The number of rotatable bonds is 2. The van der Waals surface area contributed by atoms with Gasteiger partial charge in [-0.05, 0) is 31.7 Å². The average molecular weight is 275 g/mol. The van der Waals surface area contributed by atoms with Gasteiger partial charge in [0, 0.05) is 19.0 Å². The molecule has 1 saturated heterocycles. The molecule has 1 aliphatic rings. The van der Waals surface area contributed by atoms with Crippen molar-refractivity contribution in [3.05, 3.63) is 29.8 Å². The summed E-state index contributed by atoms with van der Waals surface area (Å²) in [5.74, 6) is 3.15. The number of benzene rings is 1. The van der Waals surface area contributed by atoms with Gasteiger partial charge in [0.2, 0.25) is 0 Å². The molecule has 108 valence electrons. The van der Waals surface area contributed by atoms with Crippen LogP contribution >= 0.6 is 0 Å². The molecule has 20 heavy (non-hydrogen) atoms. The molecule has 1 aromatic carbocycles. The van der Waals surface area contributed by atoms with Crippen molar-refractivity contribution < 1.29 is 14.9 Å². The summed E-state index contributed by atoms with van der Waals surface area (Å²) in [7, 11) is 3.54. The number of nitrogens with zero attached hydrogens (tertiary/aromatic N) is 1. The van der Waals surface area contributed by atoms with Gasteiger partial charge >= 0.3 is 0 Å². The summed E-state index contributed by atoms with van der Waals surface area (Å²) in [6.07, 6.45) is 5.74. The molecule has 0 radical (unpaired) electrons. The Labute approximate surface area is 120 Å². The van der Waals surface area contributed by atoms with Gasteiger partial charge in [0.05, 0.1) is 7.11 Å². The molecule has 1 aliphatic heterocycles. The Morgan fingerprint density at radius 3 is 2.45 bits per heavy atom. The topological polar surface area (TPSA) is 52.9 Å². The van der Waals surface area contributed by atoms with Crippen molar-refractivity contribution in [2.24, 2.45) is 0 Å². The number of piperidine rings is 1. The maximum Gasteiger partial charge on any atom is 0.156 e. The van der Waals surface area contributed by atoms with Gasteiger partial charge in [-0.3, -0.25) is 4.90 Å². The summed E-state index contributed by atoms with van der Waals surface area (Å²) in [5, 5.41) is 20.9. The summed E-state index contributed by atoms with van der Waals surface area (Å²) in [4.78, 5) is 2.01. The van der Waals surface area contributed by atoms with Gasteiger partial charge in [-0.25, -0.2) is 0 Å². The molecule has 1 aromatic rings. The first-order valence-electron chi connectivity index (χ1n) is 6.60. The van der Waals surface area contributed by atoms with Crippen molar-refractivity contribution in [3.8, 4) is 18.1 Å². The van der Waals surface area contributed by atoms with Crippen LogP contribution in [-0.2, 0) is 0 Å². The molecule has 1 fully saturated rings. The van der Waals surface area contributed by atoms with Crippen LogP contribution in [0.15, 0.2) is 24.3 Å². The van der Waals surface area contributed by atoms with E-state index in [0.29, 0.717) is 13.0 Å². The van der Waals surface area contributed by atoms with Gasteiger partial charge < -0.3 is 14.9 Å². The summed E-state index contributed by atoms with van der Waals surface area (Å²) >= 11 is 0. The Bertz CT molecular complexity index is 518. The molecule has 0 aromatic heterocycles. The predicted molar refractivity (Wildman–Crippen MR) is 77.4 cm³/mol. The molecule has 0 saturated carbocycles. The molecule has 0 aliphatic carbocycles. The van der Waals surface area contributed by atoms with Gasteiger partial charge in [0.1, 0.15) is 11.4 Å². The predicted octanol–water partition coefficient (Wildman–Crippen LogP) is 1.19. The molecule has 2 N–H and O–H groups in total. The van der Waals surface area contributed by atoms with Gasteiger partial charge in [-0.2, -0.15) is 0 Å². The van der Waals surface area contributed by atoms with E-state index in [1.54, 1.807) is 14.0 Å². The molecule has 2 rings (SSSR count). The van der Waals surface area contributed by atoms with E-state index in [0.717, 1.165) is 11.3 Å². The quantitative estimate of drug-likeness (QED) is 0.796. The third-order valence-electron chi connectivity index (χ3n) is 4.21. The molecule has 3 atom stereocenters. The first-order valence-corrected chi connectivity index (χ1v) is 6.60. The third-order valence-corrected chi connectivity index (χ3v) is 4.21. The molecule has 0 amide bonds. The average Bonchev–Trinajstić information content (AvgIpc) is 2.42. The highest BCUT2D eigenvalue weighted by atomic mass is 16.5. The molecule has 3 unspecified atom stereocenters. The van der Waals surface area contributed by atoms with Crippen LogP contribution in [0.25, 0.3) is 0 Å². The number of hydrogen-bond acceptors (Lipinski definition) is 4. The minimum Gasteiger partial charge on any atom is -0.497 e. The summed E-state index contributed by atoms with van der Waals surface area (Å²) in [6.45, 7) is 1.89. The standard InChI is InChI=1S/C16H21NO3/c1-5-16(19)10-14(17(3)11-15(16,2)18)12-6-8-13(20-4)9-7-12/h1,6-9,14,18-19H,10-11H2,2-4H3. The maximum atomic E-state index is 10.5. The van der Waals surface area contributed by atoms with Crippen LogP contribution in [0.1, 0.15) is 24.9 Å². The summed E-state index contributed by atoms with van der Waals surface area (Å²) < 4.78 is 5.14. The lowest BCUT2D eigenvalue weighted by Crippen LogP contribution is -2.62. The highest BCUT2D eigenvalue weighted by Gasteiger charge is 2.51. The Kier molecular flexibility index (Phi) is 3.79. The minimum atomic E-state index is -1.52. The van der Waals surface area contributed by atoms with E-state index in [-0.39, 0.29) is 6.04 Å². The zero-order chi connectivity index (χ0) is 15.0. The van der Waals surface area contributed by atoms with Crippen LogP contribution in [0.4, 0.5) is 0 Å². The number of likely N-dealkylation sites (tertiary alicyclic amines) is 1. The lowest BCUT2D eigenvalue weighted by Gasteiger charge is -2.49. The van der Waals surface area contributed by atoms with Gasteiger partial charge in [-0.1, -0.05) is 18.1 Å². The van der Waals surface area contributed by atoms with Crippen LogP contribution in [0.2, 0.25) is 0 Å². The number of β-amino-alcohol motifs (C(OH)–C–C–N with tert-alkyl or cyclic N) is 1. The van der Waals surface area contributed by atoms with E-state index < -0.39 is 11.2 Å². The lowest BCUT2D eigenvalue weighted by molar-refractivity contribution is -0.159. The van der Waals surface area contributed by atoms with E-state index in [2.05, 4.69) is 5.92 Å². The van der Waals surface area contributed by atoms with Crippen LogP contribution in [0.3, 0.4) is 0 Å². The first kappa shape index (κ1) is 14.9. The fraction of sp³-hybridized carbons (Fsp3) is 0.500. The molecule has 1 heterocycles. The molecule has 4 heteroatoms. The zero-order valence-corrected chi connectivity index (χ0v) is 12.1. The Balaban J connectivity index is 2.30. The number of terminal acetylenes is 1. The molecule has 0 spiro atoms. The van der Waals surface area contributed by atoms with Crippen LogP contribution < -0.4 is 4.74 Å². The van der Waals surface area contributed by atoms with Gasteiger partial charge in [0.15, 0.2) is 5.60 Å². The lowest BCUT2D eigenvalue weighted by atomic mass is 9.74. The van der Waals surface area contributed by atoms with Crippen LogP contribution in [0.5, 0.6) is 5.75 Å². The number of likely N-dealkylation sites (N-methyl/N-ethyl adjacent to an activating group) is 1. The Morgan fingerprint density at radius 2 is 1.95 bits per heavy atom. The summed E-state index contributed by atoms with van der Waals surface area (Å²) in [5.41, 5.74) is -1.80. The SMILES string of the molecule is C#CC1(O)CC(c2ccc(OC)cc2)N(C)CC1(C)O. The van der Waals surface area contributed by atoms with Crippen molar-refractivity contribution in [1.29, 1.82) is 0 Å². The van der Waals surface area contributed by atoms with Crippen LogP contribution in [-0.4, -0.2) is 47.0 Å². The molecule has 4 nitrogen and oxygen atoms in total. The summed E-state index contributed by atoms with van der Waals surface area (Å²) in [6, 6.07) is 7.63. The monoisotopic (exact) mass is 275 g/mol. The zero-order valence-electron chi connectivity index (χ0n) is 12.1. The van der Waals surface area contributed by atoms with Crippen molar-refractivity contribution in [2.75, 3.05) is 20.7 Å². The van der Waals surface area contributed by atoms with E-state index in [9.17, 15) is 10.2 Å². The second-order valence-electron chi connectivity index (χ2n) is 5.69. The Morgan fingerprint density at radius 1 is 1.35 bits per heavy atom. The van der Waals surface area contributed by atoms with Gasteiger partial charge in [0.25, 0.3) is 0 Å². The first-order chi connectivity index (χ1) is 9.33. The van der Waals surface area contributed by atoms with Crippen LogP contribution in [0, 0.1) is 12.3 Å². The second kappa shape index (κ2) is 5.10. The number of hydrogen-bond donors (Lipinski definition) is 2. The van der Waals surface area contributed by atoms with Gasteiger partial charge in [-0.15, -0.1) is 6.42 Å². The molecule has 0 bridgehead atoms. The number of methoxy groups -OCH3 is 1. The van der Waals surface area contributed by atoms with E-state index in [1.807, 2.05) is 36.2 Å². The number of aliphatic hydroxyl groups is 2. The highest BCUT2D eigenvalue weighted by Crippen LogP contribution is 2.40. The normalized spacial score (nSPS) is 34.5. The van der Waals surface area contributed by atoms with Crippen molar-refractivity contribution >= 4 is 0 Å². The maximum absolute atomic E-state index is 10.5. The van der Waals surface area contributed by atoms with Crippen molar-refractivity contribution in [1.82, 2.24) is 4.90 Å². The van der Waals surface area contributed by atoms with Crippen molar-refractivity contribution in [3.63, 3.8) is 0 Å². The highest BCUT2D eigenvalue weighted by molar-refractivity contribution is 5.32. The third kappa shape index (κ3) is 2.40. The smallest absolute Gasteiger partial charge is 0.156 e. The largest absolute Gasteiger partial charge is 0.497 e. The fourth-order valence-corrected chi connectivity index (χ4v) is 2.79. The molecular formula is C16H21NO3.